The van der Waals surface area contributed by atoms with Crippen LogP contribution in [0.4, 0.5) is 22.7 Å². The highest BCUT2D eigenvalue weighted by Crippen LogP contribution is 2.42. The second-order valence-corrected chi connectivity index (χ2v) is 17.9. The molecule has 68 heavy (non-hydrogen) atoms. The standard InChI is InChI=1S/C66H50N2/c1-4-14-47(15-5-1)50-24-34-55(35-25-50)67(56-36-26-51(27-37-56)48-16-6-2-7-17-48)57-38-30-53(31-39-57)54-32-42-59(43-33-54)68(58-40-28-52(29-41-58)49-18-8-3-9-19-49)60-44-45-65-63-22-11-10-20-61(63)62-21-12-13-23-64(62)66(65)46-60/h1-36,38,40-46,56-57H,37,39H2. The number of fused-ring (bicyclic) bond motifs is 6. The van der Waals surface area contributed by atoms with E-state index in [0.29, 0.717) is 0 Å². The number of hydrogen-bond acceptors (Lipinski definition) is 2. The molecule has 0 spiro atoms. The zero-order valence-electron chi connectivity index (χ0n) is 37.9. The first-order chi connectivity index (χ1) is 33.7. The maximum atomic E-state index is 2.62. The molecule has 324 valence electrons. The largest absolute Gasteiger partial charge is 0.358 e. The summed E-state index contributed by atoms with van der Waals surface area (Å²) in [7, 11) is 0. The Morgan fingerprint density at radius 3 is 1.06 bits per heavy atom. The third-order valence-electron chi connectivity index (χ3n) is 13.9. The summed E-state index contributed by atoms with van der Waals surface area (Å²) in [6.45, 7) is 0. The average molecular weight is 871 g/mol. The van der Waals surface area contributed by atoms with Crippen LogP contribution in [0.5, 0.6) is 0 Å². The minimum absolute atomic E-state index is 0.206. The van der Waals surface area contributed by atoms with Crippen molar-refractivity contribution in [3.63, 3.8) is 0 Å². The summed E-state index contributed by atoms with van der Waals surface area (Å²) in [6.07, 6.45) is 16.2. The van der Waals surface area contributed by atoms with Crippen LogP contribution >= 0.6 is 0 Å². The monoisotopic (exact) mass is 870 g/mol. The lowest BCUT2D eigenvalue weighted by molar-refractivity contribution is 0.617. The van der Waals surface area contributed by atoms with Gasteiger partial charge in [-0.25, -0.2) is 0 Å². The maximum absolute atomic E-state index is 2.62. The fourth-order valence-corrected chi connectivity index (χ4v) is 10.5. The molecule has 10 aromatic rings. The van der Waals surface area contributed by atoms with Gasteiger partial charge in [-0.2, -0.15) is 0 Å². The van der Waals surface area contributed by atoms with E-state index in [1.54, 1.807) is 0 Å². The fraction of sp³-hybridized carbons (Fsp3) is 0.0606. The van der Waals surface area contributed by atoms with E-state index in [2.05, 4.69) is 277 Å². The Morgan fingerprint density at radius 1 is 0.279 bits per heavy atom. The number of allylic oxidation sites excluding steroid dienone is 4. The summed E-state index contributed by atoms with van der Waals surface area (Å²) in [5.41, 5.74) is 14.5. The summed E-state index contributed by atoms with van der Waals surface area (Å²) in [6, 6.07) is 84.4. The van der Waals surface area contributed by atoms with Crippen LogP contribution in [0.25, 0.3) is 65.7 Å². The van der Waals surface area contributed by atoms with Crippen molar-refractivity contribution >= 4 is 66.2 Å². The highest BCUT2D eigenvalue weighted by molar-refractivity contribution is 6.25. The van der Waals surface area contributed by atoms with Crippen LogP contribution in [-0.4, -0.2) is 12.1 Å². The molecular weight excluding hydrogens is 821 g/mol. The van der Waals surface area contributed by atoms with Gasteiger partial charge in [0.25, 0.3) is 0 Å². The van der Waals surface area contributed by atoms with Crippen molar-refractivity contribution in [3.05, 3.63) is 278 Å². The number of rotatable bonds is 10. The third-order valence-corrected chi connectivity index (χ3v) is 13.9. The van der Waals surface area contributed by atoms with Crippen LogP contribution in [0, 0.1) is 0 Å². The van der Waals surface area contributed by atoms with E-state index in [0.717, 1.165) is 29.9 Å². The summed E-state index contributed by atoms with van der Waals surface area (Å²) >= 11 is 0. The topological polar surface area (TPSA) is 6.48 Å². The Kier molecular flexibility index (Phi) is 10.9. The zero-order chi connectivity index (χ0) is 45.2. The van der Waals surface area contributed by atoms with E-state index in [4.69, 9.17) is 0 Å². The molecular formula is C66H50N2. The molecule has 0 saturated carbocycles. The minimum atomic E-state index is 0.206. The van der Waals surface area contributed by atoms with Crippen molar-refractivity contribution in [2.75, 3.05) is 9.80 Å². The zero-order valence-corrected chi connectivity index (χ0v) is 37.9. The molecule has 0 heterocycles. The Bertz CT molecular complexity index is 3500. The molecule has 2 unspecified atom stereocenters. The van der Waals surface area contributed by atoms with Crippen LogP contribution < -0.4 is 9.80 Å². The van der Waals surface area contributed by atoms with Gasteiger partial charge in [0.1, 0.15) is 0 Å². The van der Waals surface area contributed by atoms with Crippen molar-refractivity contribution in [2.24, 2.45) is 0 Å². The lowest BCUT2D eigenvalue weighted by Gasteiger charge is -2.39. The van der Waals surface area contributed by atoms with Crippen molar-refractivity contribution < 1.29 is 0 Å². The van der Waals surface area contributed by atoms with E-state index < -0.39 is 0 Å². The second-order valence-electron chi connectivity index (χ2n) is 17.9. The molecule has 0 aromatic heterocycles. The molecule has 0 radical (unpaired) electrons. The minimum Gasteiger partial charge on any atom is -0.358 e. The average Bonchev–Trinajstić information content (AvgIpc) is 3.43. The first-order valence-electron chi connectivity index (χ1n) is 23.9. The van der Waals surface area contributed by atoms with Crippen LogP contribution in [-0.2, 0) is 0 Å². The Morgan fingerprint density at radius 2 is 0.618 bits per heavy atom. The lowest BCUT2D eigenvalue weighted by Crippen LogP contribution is -2.42. The van der Waals surface area contributed by atoms with Gasteiger partial charge < -0.3 is 9.80 Å². The van der Waals surface area contributed by atoms with Gasteiger partial charge in [0, 0.05) is 22.7 Å². The van der Waals surface area contributed by atoms with Crippen molar-refractivity contribution in [3.8, 4) is 22.3 Å². The molecule has 2 aliphatic rings. The molecule has 2 nitrogen and oxygen atoms in total. The lowest BCUT2D eigenvalue weighted by atomic mass is 9.92. The highest BCUT2D eigenvalue weighted by Gasteiger charge is 2.26. The van der Waals surface area contributed by atoms with E-state index >= 15 is 0 Å². The fourth-order valence-electron chi connectivity index (χ4n) is 10.5. The predicted molar refractivity (Wildman–Crippen MR) is 291 cm³/mol. The summed E-state index contributed by atoms with van der Waals surface area (Å²) in [4.78, 5) is 5.02. The van der Waals surface area contributed by atoms with Gasteiger partial charge in [0.15, 0.2) is 0 Å². The Labute approximate surface area is 399 Å². The van der Waals surface area contributed by atoms with Gasteiger partial charge in [-0.15, -0.1) is 0 Å². The van der Waals surface area contributed by atoms with Gasteiger partial charge >= 0.3 is 0 Å². The summed E-state index contributed by atoms with van der Waals surface area (Å²) in [5.74, 6) is 0. The molecule has 0 amide bonds. The van der Waals surface area contributed by atoms with Gasteiger partial charge in [0.2, 0.25) is 0 Å². The van der Waals surface area contributed by atoms with Crippen molar-refractivity contribution in [1.82, 2.24) is 0 Å². The second kappa shape index (κ2) is 18.1. The smallest absolute Gasteiger partial charge is 0.0517 e. The number of nitrogens with zero attached hydrogens (tertiary/aromatic N) is 2. The Balaban J connectivity index is 0.865. The Hall–Kier alpha value is -8.46. The SMILES string of the molecule is C1=CC(N(c2ccc(-c3ccccc3)cc2)C2C=CC(c3ccc(N(c4ccc(-c5ccccc5)cc4)c4ccc5c6ccccc6c6ccccc6c5c4)cc3)=CC2)CC=C1c1ccccc1. The van der Waals surface area contributed by atoms with Gasteiger partial charge in [-0.05, 0) is 138 Å². The van der Waals surface area contributed by atoms with Gasteiger partial charge in [-0.1, -0.05) is 218 Å². The number of anilines is 4. The van der Waals surface area contributed by atoms with Gasteiger partial charge in [0.05, 0.1) is 12.1 Å². The molecule has 2 atom stereocenters. The third kappa shape index (κ3) is 7.91. The molecule has 0 saturated heterocycles. The van der Waals surface area contributed by atoms with E-state index in [-0.39, 0.29) is 12.1 Å². The number of hydrogen-bond donors (Lipinski definition) is 0. The molecule has 12 rings (SSSR count). The molecule has 2 aliphatic carbocycles. The summed E-state index contributed by atoms with van der Waals surface area (Å²) < 4.78 is 0. The molecule has 0 bridgehead atoms. The number of benzene rings is 10. The van der Waals surface area contributed by atoms with Crippen LogP contribution in [0.15, 0.2) is 267 Å². The van der Waals surface area contributed by atoms with E-state index in [1.807, 2.05) is 0 Å². The molecule has 0 fully saturated rings. The van der Waals surface area contributed by atoms with Gasteiger partial charge in [-0.3, -0.25) is 0 Å². The molecule has 2 heteroatoms. The normalized spacial score (nSPS) is 15.6. The highest BCUT2D eigenvalue weighted by atomic mass is 15.2. The van der Waals surface area contributed by atoms with E-state index in [9.17, 15) is 0 Å². The van der Waals surface area contributed by atoms with Crippen LogP contribution in [0.3, 0.4) is 0 Å². The maximum Gasteiger partial charge on any atom is 0.0517 e. The van der Waals surface area contributed by atoms with Crippen LogP contribution in [0.1, 0.15) is 24.0 Å². The first kappa shape index (κ1) is 41.0. The van der Waals surface area contributed by atoms with Crippen molar-refractivity contribution in [1.29, 1.82) is 0 Å². The predicted octanol–water partition coefficient (Wildman–Crippen LogP) is 17.6. The van der Waals surface area contributed by atoms with Crippen molar-refractivity contribution in [2.45, 2.75) is 24.9 Å². The van der Waals surface area contributed by atoms with E-state index in [1.165, 1.54) is 82.5 Å². The van der Waals surface area contributed by atoms with Crippen LogP contribution in [0.2, 0.25) is 0 Å². The summed E-state index contributed by atoms with van der Waals surface area (Å²) in [5, 5.41) is 7.63. The molecule has 0 aliphatic heterocycles. The quantitative estimate of drug-likeness (QED) is 0.126. The molecule has 10 aromatic carbocycles. The molecule has 0 N–H and O–H groups in total. The first-order valence-corrected chi connectivity index (χ1v) is 23.9.